The fraction of sp³-hybridized carbons (Fsp3) is 0.389. The first-order chi connectivity index (χ1) is 12.1. The third kappa shape index (κ3) is 3.88. The van der Waals surface area contributed by atoms with Gasteiger partial charge in [0.25, 0.3) is 11.5 Å². The fourth-order valence-corrected chi connectivity index (χ4v) is 2.96. The van der Waals surface area contributed by atoms with Gasteiger partial charge in [-0.05, 0) is 18.4 Å². The van der Waals surface area contributed by atoms with Crippen LogP contribution in [0.1, 0.15) is 28.8 Å². The minimum atomic E-state index is -0.579. The molecule has 1 N–H and O–H groups in total. The normalized spacial score (nSPS) is 16.8. The predicted octanol–water partition coefficient (Wildman–Crippen LogP) is 0.988. The van der Waals surface area contributed by atoms with E-state index in [0.29, 0.717) is 13.2 Å². The maximum atomic E-state index is 12.6. The Kier molecular flexibility index (Phi) is 5.14. The molecule has 0 spiro atoms. The van der Waals surface area contributed by atoms with Crippen LogP contribution in [-0.4, -0.2) is 40.1 Å². The third-order valence-electron chi connectivity index (χ3n) is 4.31. The molecule has 1 aromatic heterocycles. The van der Waals surface area contributed by atoms with E-state index in [1.54, 1.807) is 7.05 Å². The summed E-state index contributed by atoms with van der Waals surface area (Å²) in [6.07, 6.45) is 2.75. The second kappa shape index (κ2) is 7.48. The quantitative estimate of drug-likeness (QED) is 0.877. The highest BCUT2D eigenvalue weighted by Gasteiger charge is 2.22. The molecule has 1 aliphatic heterocycles. The number of nitrogens with zero attached hydrogens (tertiary/aromatic N) is 2. The summed E-state index contributed by atoms with van der Waals surface area (Å²) in [5, 5.41) is 0. The van der Waals surface area contributed by atoms with E-state index in [-0.39, 0.29) is 18.2 Å². The van der Waals surface area contributed by atoms with Gasteiger partial charge in [0.05, 0.1) is 12.6 Å². The molecule has 1 fully saturated rings. The molecule has 3 rings (SSSR count). The Morgan fingerprint density at radius 3 is 2.76 bits per heavy atom. The monoisotopic (exact) mass is 343 g/mol. The molecule has 0 aliphatic carbocycles. The van der Waals surface area contributed by atoms with Gasteiger partial charge in [0.15, 0.2) is 0 Å². The smallest absolute Gasteiger partial charge is 0.328 e. The number of benzene rings is 1. The summed E-state index contributed by atoms with van der Waals surface area (Å²) in [6.45, 7) is 1.18. The van der Waals surface area contributed by atoms with Gasteiger partial charge < -0.3 is 14.6 Å². The van der Waals surface area contributed by atoms with Crippen LogP contribution in [0.3, 0.4) is 0 Å². The molecular formula is C18H21N3O4. The third-order valence-corrected chi connectivity index (χ3v) is 4.31. The van der Waals surface area contributed by atoms with Crippen molar-refractivity contribution >= 4 is 5.91 Å². The van der Waals surface area contributed by atoms with Crippen molar-refractivity contribution in [2.24, 2.45) is 0 Å². The van der Waals surface area contributed by atoms with Gasteiger partial charge in [-0.25, -0.2) is 4.79 Å². The van der Waals surface area contributed by atoms with E-state index in [1.165, 1.54) is 11.1 Å². The van der Waals surface area contributed by atoms with Crippen LogP contribution in [0.5, 0.6) is 0 Å². The van der Waals surface area contributed by atoms with Crippen molar-refractivity contribution in [1.29, 1.82) is 0 Å². The molecular weight excluding hydrogens is 322 g/mol. The Balaban J connectivity index is 1.82. The fourth-order valence-electron chi connectivity index (χ4n) is 2.96. The number of aromatic nitrogens is 2. The summed E-state index contributed by atoms with van der Waals surface area (Å²) >= 11 is 0. The van der Waals surface area contributed by atoms with Crippen LogP contribution in [-0.2, 0) is 17.8 Å². The molecule has 7 heteroatoms. The Bertz CT molecular complexity index is 851. The minimum Gasteiger partial charge on any atom is -0.376 e. The number of rotatable bonds is 5. The minimum absolute atomic E-state index is 0.0453. The number of H-pyrrole nitrogens is 1. The molecule has 0 bridgehead atoms. The van der Waals surface area contributed by atoms with Gasteiger partial charge >= 0.3 is 5.69 Å². The first-order valence-corrected chi connectivity index (χ1v) is 8.30. The summed E-state index contributed by atoms with van der Waals surface area (Å²) in [5.74, 6) is -0.425. The van der Waals surface area contributed by atoms with Crippen molar-refractivity contribution in [2.45, 2.75) is 32.0 Å². The first kappa shape index (κ1) is 17.2. The number of carbonyl (C=O) groups is 1. The van der Waals surface area contributed by atoms with Crippen LogP contribution < -0.4 is 11.2 Å². The lowest BCUT2D eigenvalue weighted by molar-refractivity contribution is 0.0777. The molecule has 1 amide bonds. The van der Waals surface area contributed by atoms with Crippen LogP contribution >= 0.6 is 0 Å². The second-order valence-corrected chi connectivity index (χ2v) is 6.21. The zero-order valence-corrected chi connectivity index (χ0v) is 14.1. The van der Waals surface area contributed by atoms with Gasteiger partial charge in [-0.15, -0.1) is 0 Å². The van der Waals surface area contributed by atoms with Gasteiger partial charge in [-0.2, -0.15) is 0 Å². The average molecular weight is 343 g/mol. The van der Waals surface area contributed by atoms with Crippen molar-refractivity contribution in [1.82, 2.24) is 14.5 Å². The SMILES string of the molecule is CN(Cc1ccccc1)C(=O)c1c[nH]c(=O)n(CC2CCCO2)c1=O. The van der Waals surface area contributed by atoms with Gasteiger partial charge in [-0.3, -0.25) is 14.2 Å². The number of aromatic amines is 1. The maximum absolute atomic E-state index is 12.6. The number of nitrogens with one attached hydrogen (secondary N) is 1. The topological polar surface area (TPSA) is 84.4 Å². The molecule has 1 atom stereocenters. The first-order valence-electron chi connectivity index (χ1n) is 8.30. The molecule has 0 radical (unpaired) electrons. The molecule has 1 aromatic carbocycles. The summed E-state index contributed by atoms with van der Waals surface area (Å²) in [6, 6.07) is 9.50. The summed E-state index contributed by atoms with van der Waals surface area (Å²) in [5.41, 5.74) is -0.189. The Hall–Kier alpha value is -2.67. The van der Waals surface area contributed by atoms with Crippen molar-refractivity contribution in [2.75, 3.05) is 13.7 Å². The lowest BCUT2D eigenvalue weighted by atomic mass is 10.2. The molecule has 1 unspecified atom stereocenters. The zero-order chi connectivity index (χ0) is 17.8. The second-order valence-electron chi connectivity index (χ2n) is 6.21. The number of amides is 1. The Labute approximate surface area is 144 Å². The van der Waals surface area contributed by atoms with Crippen molar-refractivity contribution in [3.8, 4) is 0 Å². The molecule has 25 heavy (non-hydrogen) atoms. The van der Waals surface area contributed by atoms with Crippen LogP contribution in [0.15, 0.2) is 46.1 Å². The van der Waals surface area contributed by atoms with E-state index in [0.717, 1.165) is 23.0 Å². The average Bonchev–Trinajstić information content (AvgIpc) is 3.12. The van der Waals surface area contributed by atoms with Crippen LogP contribution in [0, 0.1) is 0 Å². The highest BCUT2D eigenvalue weighted by Crippen LogP contribution is 2.12. The molecule has 0 saturated carbocycles. The summed E-state index contributed by atoms with van der Waals surface area (Å²) in [7, 11) is 1.63. The summed E-state index contributed by atoms with van der Waals surface area (Å²) < 4.78 is 6.54. The van der Waals surface area contributed by atoms with Crippen LogP contribution in [0.25, 0.3) is 0 Å². The maximum Gasteiger partial charge on any atom is 0.328 e. The van der Waals surface area contributed by atoms with Gasteiger partial charge in [0, 0.05) is 26.4 Å². The van der Waals surface area contributed by atoms with E-state index < -0.39 is 17.2 Å². The Morgan fingerprint density at radius 2 is 2.08 bits per heavy atom. The van der Waals surface area contributed by atoms with E-state index >= 15 is 0 Å². The number of carbonyl (C=O) groups excluding carboxylic acids is 1. The molecule has 2 heterocycles. The standard InChI is InChI=1S/C18H21N3O4/c1-20(11-13-6-3-2-4-7-13)16(22)15-10-19-18(24)21(17(15)23)12-14-8-5-9-25-14/h2-4,6-7,10,14H,5,8-9,11-12H2,1H3,(H,19,24). The van der Waals surface area contributed by atoms with Gasteiger partial charge in [0.1, 0.15) is 5.56 Å². The number of hydrogen-bond acceptors (Lipinski definition) is 4. The molecule has 132 valence electrons. The van der Waals surface area contributed by atoms with E-state index in [2.05, 4.69) is 4.98 Å². The molecule has 1 aliphatic rings. The highest BCUT2D eigenvalue weighted by atomic mass is 16.5. The molecule has 2 aromatic rings. The van der Waals surface area contributed by atoms with E-state index in [1.807, 2.05) is 30.3 Å². The Morgan fingerprint density at radius 1 is 1.32 bits per heavy atom. The molecule has 7 nitrogen and oxygen atoms in total. The van der Waals surface area contributed by atoms with E-state index in [9.17, 15) is 14.4 Å². The largest absolute Gasteiger partial charge is 0.376 e. The van der Waals surface area contributed by atoms with Crippen molar-refractivity contribution in [3.63, 3.8) is 0 Å². The van der Waals surface area contributed by atoms with Gasteiger partial charge in [-0.1, -0.05) is 30.3 Å². The predicted molar refractivity (Wildman–Crippen MR) is 92.5 cm³/mol. The van der Waals surface area contributed by atoms with Crippen molar-refractivity contribution < 1.29 is 9.53 Å². The van der Waals surface area contributed by atoms with E-state index in [4.69, 9.17) is 4.74 Å². The number of hydrogen-bond donors (Lipinski definition) is 1. The molecule has 1 saturated heterocycles. The van der Waals surface area contributed by atoms with Crippen LogP contribution in [0.4, 0.5) is 0 Å². The van der Waals surface area contributed by atoms with Gasteiger partial charge in [0.2, 0.25) is 0 Å². The lowest BCUT2D eigenvalue weighted by Gasteiger charge is -2.18. The summed E-state index contributed by atoms with van der Waals surface area (Å²) in [4.78, 5) is 41.2. The highest BCUT2D eigenvalue weighted by molar-refractivity contribution is 5.93. The van der Waals surface area contributed by atoms with Crippen molar-refractivity contribution in [3.05, 3.63) is 68.5 Å². The number of ether oxygens (including phenoxy) is 1. The zero-order valence-electron chi connectivity index (χ0n) is 14.1. The lowest BCUT2D eigenvalue weighted by Crippen LogP contribution is -2.42. The van der Waals surface area contributed by atoms with Crippen LogP contribution in [0.2, 0.25) is 0 Å².